The summed E-state index contributed by atoms with van der Waals surface area (Å²) in [5.41, 5.74) is 2.12. The molecule has 1 aromatic carbocycles. The van der Waals surface area contributed by atoms with Gasteiger partial charge in [-0.15, -0.1) is 0 Å². The van der Waals surface area contributed by atoms with Crippen molar-refractivity contribution in [2.75, 3.05) is 19.7 Å². The Hall–Kier alpha value is -2.33. The van der Waals surface area contributed by atoms with Crippen molar-refractivity contribution in [1.29, 1.82) is 5.26 Å². The van der Waals surface area contributed by atoms with Gasteiger partial charge in [0.15, 0.2) is 0 Å². The van der Waals surface area contributed by atoms with Crippen LogP contribution in [0.1, 0.15) is 34.1 Å². The fourth-order valence-corrected chi connectivity index (χ4v) is 4.09. The minimum atomic E-state index is -0.140. The molecule has 0 unspecified atom stereocenters. The van der Waals surface area contributed by atoms with Crippen LogP contribution in [0.4, 0.5) is 0 Å². The lowest BCUT2D eigenvalue weighted by Gasteiger charge is -2.35. The number of aromatic nitrogens is 1. The average molecular weight is 385 g/mol. The summed E-state index contributed by atoms with van der Waals surface area (Å²) in [6.45, 7) is 2.27. The van der Waals surface area contributed by atoms with Gasteiger partial charge in [0.1, 0.15) is 11.8 Å². The number of nitriles is 1. The Morgan fingerprint density at radius 2 is 2.11 bits per heavy atom. The van der Waals surface area contributed by atoms with Gasteiger partial charge in [0.2, 0.25) is 0 Å². The molecule has 2 aliphatic heterocycles. The van der Waals surface area contributed by atoms with Crippen molar-refractivity contribution in [3.8, 4) is 6.07 Å². The minimum absolute atomic E-state index is 0.0269. The molecule has 6 nitrogen and oxygen atoms in total. The fraction of sp³-hybridized carbons (Fsp3) is 0.400. The number of fused-ring (bicyclic) bond motifs is 1. The Morgan fingerprint density at radius 3 is 2.81 bits per heavy atom. The molecule has 7 heteroatoms. The van der Waals surface area contributed by atoms with E-state index in [1.807, 2.05) is 24.3 Å². The number of nitrogens with one attached hydrogen (secondary N) is 1. The van der Waals surface area contributed by atoms with Crippen molar-refractivity contribution in [2.24, 2.45) is 7.05 Å². The summed E-state index contributed by atoms with van der Waals surface area (Å²) < 4.78 is 7.75. The molecule has 0 aliphatic carbocycles. The number of hydrogen-bond acceptors (Lipinski definition) is 4. The van der Waals surface area contributed by atoms with E-state index in [1.54, 1.807) is 23.9 Å². The number of morpholine rings is 1. The summed E-state index contributed by atoms with van der Waals surface area (Å²) in [5.74, 6) is -0.140. The normalized spacial score (nSPS) is 25.0. The molecule has 0 radical (unpaired) electrons. The third-order valence-corrected chi connectivity index (χ3v) is 5.61. The zero-order chi connectivity index (χ0) is 19.0. The van der Waals surface area contributed by atoms with Crippen LogP contribution in [0.5, 0.6) is 0 Å². The predicted octanol–water partition coefficient (Wildman–Crippen LogP) is 2.49. The number of benzene rings is 1. The highest BCUT2D eigenvalue weighted by Crippen LogP contribution is 2.31. The van der Waals surface area contributed by atoms with Crippen LogP contribution < -0.4 is 5.32 Å². The number of ether oxygens (including phenoxy) is 1. The Balaban J connectivity index is 1.38. The number of carbonyl (C=O) groups is 1. The fourth-order valence-electron chi connectivity index (χ4n) is 3.97. The van der Waals surface area contributed by atoms with Crippen molar-refractivity contribution >= 4 is 17.5 Å². The van der Waals surface area contributed by atoms with Crippen molar-refractivity contribution < 1.29 is 9.53 Å². The third-order valence-electron chi connectivity index (χ3n) is 5.36. The SMILES string of the molecule is Cn1cc(C#N)cc1C(=O)N[C@H]1C[C@H]2CO[C@@H](c3ccc(Cl)cc3)CN2C1. The van der Waals surface area contributed by atoms with Crippen molar-refractivity contribution in [3.05, 3.63) is 58.4 Å². The molecule has 0 spiro atoms. The van der Waals surface area contributed by atoms with Gasteiger partial charge in [0.05, 0.1) is 18.3 Å². The predicted molar refractivity (Wildman–Crippen MR) is 102 cm³/mol. The molecule has 140 valence electrons. The molecule has 27 heavy (non-hydrogen) atoms. The molecule has 0 bridgehead atoms. The topological polar surface area (TPSA) is 70.3 Å². The Bertz CT molecular complexity index is 886. The molecule has 0 saturated carbocycles. The number of nitrogens with zero attached hydrogens (tertiary/aromatic N) is 3. The monoisotopic (exact) mass is 384 g/mol. The third kappa shape index (κ3) is 3.72. The van der Waals surface area contributed by atoms with Crippen LogP contribution in [0.2, 0.25) is 5.02 Å². The Morgan fingerprint density at radius 1 is 1.33 bits per heavy atom. The number of hydrogen-bond donors (Lipinski definition) is 1. The summed E-state index contributed by atoms with van der Waals surface area (Å²) in [5, 5.41) is 12.8. The van der Waals surface area contributed by atoms with Gasteiger partial charge >= 0.3 is 0 Å². The molecular formula is C20H21ClN4O2. The van der Waals surface area contributed by atoms with Gasteiger partial charge in [0, 0.05) is 43.4 Å². The van der Waals surface area contributed by atoms with E-state index in [0.29, 0.717) is 23.9 Å². The molecule has 1 N–H and O–H groups in total. The second kappa shape index (κ2) is 7.35. The molecular weight excluding hydrogens is 364 g/mol. The number of aryl methyl sites for hydroxylation is 1. The standard InChI is InChI=1S/C20H21ClN4O2/c1-24-9-13(8-22)6-18(24)20(26)23-16-7-17-12-27-19(11-25(17)10-16)14-2-4-15(21)5-3-14/h2-6,9,16-17,19H,7,10-12H2,1H3,(H,23,26)/t16-,17-,19+/m0/s1. The summed E-state index contributed by atoms with van der Waals surface area (Å²) in [7, 11) is 1.78. The van der Waals surface area contributed by atoms with E-state index in [2.05, 4.69) is 16.3 Å². The first-order chi connectivity index (χ1) is 13.0. The molecule has 2 saturated heterocycles. The van der Waals surface area contributed by atoms with Gasteiger partial charge in [-0.2, -0.15) is 5.26 Å². The smallest absolute Gasteiger partial charge is 0.268 e. The molecule has 2 aliphatic rings. The van der Waals surface area contributed by atoms with Crippen LogP contribution in [-0.2, 0) is 11.8 Å². The van der Waals surface area contributed by atoms with Crippen LogP contribution in [0, 0.1) is 11.3 Å². The molecule has 1 aromatic heterocycles. The van der Waals surface area contributed by atoms with E-state index in [1.165, 1.54) is 0 Å². The van der Waals surface area contributed by atoms with Crippen molar-refractivity contribution in [2.45, 2.75) is 24.6 Å². The van der Waals surface area contributed by atoms with Crippen LogP contribution in [0.3, 0.4) is 0 Å². The molecule has 4 rings (SSSR count). The molecule has 1 amide bonds. The quantitative estimate of drug-likeness (QED) is 0.882. The highest BCUT2D eigenvalue weighted by atomic mass is 35.5. The molecule has 2 aromatic rings. The molecule has 3 heterocycles. The zero-order valence-electron chi connectivity index (χ0n) is 15.1. The Labute approximate surface area is 163 Å². The largest absolute Gasteiger partial charge is 0.371 e. The van der Waals surface area contributed by atoms with Gasteiger partial charge in [0.25, 0.3) is 5.91 Å². The van der Waals surface area contributed by atoms with Crippen LogP contribution >= 0.6 is 11.6 Å². The summed E-state index contributed by atoms with van der Waals surface area (Å²) in [6.07, 6.45) is 2.56. The lowest BCUT2D eigenvalue weighted by molar-refractivity contribution is -0.0502. The van der Waals surface area contributed by atoms with E-state index in [-0.39, 0.29) is 18.1 Å². The van der Waals surface area contributed by atoms with Crippen molar-refractivity contribution in [3.63, 3.8) is 0 Å². The van der Waals surface area contributed by atoms with Gasteiger partial charge in [-0.25, -0.2) is 0 Å². The molecule has 2 fully saturated rings. The van der Waals surface area contributed by atoms with Gasteiger partial charge in [-0.1, -0.05) is 23.7 Å². The highest BCUT2D eigenvalue weighted by Gasteiger charge is 2.38. The molecule has 3 atom stereocenters. The van der Waals surface area contributed by atoms with Crippen molar-refractivity contribution in [1.82, 2.24) is 14.8 Å². The maximum atomic E-state index is 12.6. The first kappa shape index (κ1) is 18.1. The summed E-state index contributed by atoms with van der Waals surface area (Å²) in [4.78, 5) is 15.0. The van der Waals surface area contributed by atoms with E-state index in [0.717, 1.165) is 30.1 Å². The number of rotatable bonds is 3. The second-order valence-electron chi connectivity index (χ2n) is 7.22. The highest BCUT2D eigenvalue weighted by molar-refractivity contribution is 6.30. The summed E-state index contributed by atoms with van der Waals surface area (Å²) in [6, 6.07) is 11.9. The lowest BCUT2D eigenvalue weighted by atomic mass is 10.1. The number of carbonyl (C=O) groups excluding carboxylic acids is 1. The Kier molecular flexibility index (Phi) is 4.92. The van der Waals surface area contributed by atoms with Gasteiger partial charge in [-0.05, 0) is 30.2 Å². The van der Waals surface area contributed by atoms with E-state index in [4.69, 9.17) is 21.6 Å². The van der Waals surface area contributed by atoms with E-state index >= 15 is 0 Å². The summed E-state index contributed by atoms with van der Waals surface area (Å²) >= 11 is 5.97. The average Bonchev–Trinajstić information content (AvgIpc) is 3.24. The van der Waals surface area contributed by atoms with E-state index < -0.39 is 0 Å². The minimum Gasteiger partial charge on any atom is -0.371 e. The van der Waals surface area contributed by atoms with Crippen LogP contribution in [-0.4, -0.2) is 47.2 Å². The van der Waals surface area contributed by atoms with Gasteiger partial charge in [-0.3, -0.25) is 9.69 Å². The first-order valence-corrected chi connectivity index (χ1v) is 9.39. The van der Waals surface area contributed by atoms with Crippen LogP contribution in [0.15, 0.2) is 36.5 Å². The maximum Gasteiger partial charge on any atom is 0.268 e. The number of halogens is 1. The van der Waals surface area contributed by atoms with Gasteiger partial charge < -0.3 is 14.6 Å². The zero-order valence-corrected chi connectivity index (χ0v) is 15.8. The maximum absolute atomic E-state index is 12.6. The second-order valence-corrected chi connectivity index (χ2v) is 7.66. The lowest BCUT2D eigenvalue weighted by Crippen LogP contribution is -2.43. The first-order valence-electron chi connectivity index (χ1n) is 9.02. The van der Waals surface area contributed by atoms with E-state index in [9.17, 15) is 4.79 Å². The van der Waals surface area contributed by atoms with Crippen LogP contribution in [0.25, 0.3) is 0 Å². The number of amides is 1.